The van der Waals surface area contributed by atoms with Crippen molar-refractivity contribution < 1.29 is 4.79 Å². The molecule has 3 heteroatoms. The second-order valence-electron chi connectivity index (χ2n) is 5.97. The Balaban J connectivity index is 1.85. The fourth-order valence-corrected chi connectivity index (χ4v) is 3.08. The van der Waals surface area contributed by atoms with Crippen molar-refractivity contribution in [2.75, 3.05) is 6.54 Å². The summed E-state index contributed by atoms with van der Waals surface area (Å²) in [6.07, 6.45) is 8.64. The lowest BCUT2D eigenvalue weighted by molar-refractivity contribution is 0.132. The minimum Gasteiger partial charge on any atom is -0.335 e. The van der Waals surface area contributed by atoms with Gasteiger partial charge < -0.3 is 10.2 Å². The molecule has 1 saturated heterocycles. The van der Waals surface area contributed by atoms with E-state index < -0.39 is 0 Å². The average molecular weight is 238 g/mol. The van der Waals surface area contributed by atoms with Gasteiger partial charge in [-0.25, -0.2) is 4.79 Å². The Labute approximate surface area is 105 Å². The quantitative estimate of drug-likeness (QED) is 0.748. The summed E-state index contributed by atoms with van der Waals surface area (Å²) in [5, 5.41) is 3.23. The van der Waals surface area contributed by atoms with Gasteiger partial charge in [-0.1, -0.05) is 26.2 Å². The summed E-state index contributed by atoms with van der Waals surface area (Å²) >= 11 is 0. The number of nitrogens with zero attached hydrogens (tertiary/aromatic N) is 1. The number of likely N-dealkylation sites (tertiary alicyclic amines) is 1. The number of piperidine rings is 1. The normalized spacial score (nSPS) is 31.3. The van der Waals surface area contributed by atoms with E-state index in [2.05, 4.69) is 19.2 Å². The van der Waals surface area contributed by atoms with Crippen LogP contribution in [0.5, 0.6) is 0 Å². The Bertz CT molecular complexity index is 261. The van der Waals surface area contributed by atoms with Crippen molar-refractivity contribution in [1.29, 1.82) is 0 Å². The van der Waals surface area contributed by atoms with Crippen molar-refractivity contribution in [2.24, 2.45) is 5.92 Å². The summed E-state index contributed by atoms with van der Waals surface area (Å²) < 4.78 is 0. The highest BCUT2D eigenvalue weighted by Gasteiger charge is 2.28. The van der Waals surface area contributed by atoms with Crippen LogP contribution in [0.3, 0.4) is 0 Å². The van der Waals surface area contributed by atoms with E-state index in [1.807, 2.05) is 4.90 Å². The zero-order chi connectivity index (χ0) is 12.3. The first-order valence-electron chi connectivity index (χ1n) is 7.24. The standard InChI is InChI=1S/C14H26N2O/c1-11-8-9-12(2)16(10-11)14(17)15-13-6-4-3-5-7-13/h11-13H,3-10H2,1-2H3,(H,15,17)/t11-,12+/m0/s1. The minimum atomic E-state index is 0.177. The van der Waals surface area contributed by atoms with Crippen LogP contribution in [0.15, 0.2) is 0 Å². The molecule has 0 spiro atoms. The van der Waals surface area contributed by atoms with E-state index in [-0.39, 0.29) is 6.03 Å². The van der Waals surface area contributed by atoms with Gasteiger partial charge in [-0.05, 0) is 38.5 Å². The van der Waals surface area contributed by atoms with Crippen LogP contribution in [0.2, 0.25) is 0 Å². The van der Waals surface area contributed by atoms with Crippen LogP contribution in [-0.2, 0) is 0 Å². The third kappa shape index (κ3) is 3.36. The Kier molecular flexibility index (Phi) is 4.30. The van der Waals surface area contributed by atoms with Crippen LogP contribution in [-0.4, -0.2) is 29.6 Å². The van der Waals surface area contributed by atoms with Gasteiger partial charge in [-0.15, -0.1) is 0 Å². The lowest BCUT2D eigenvalue weighted by atomic mass is 9.94. The van der Waals surface area contributed by atoms with Crippen molar-refractivity contribution in [3.05, 3.63) is 0 Å². The van der Waals surface area contributed by atoms with Crippen LogP contribution < -0.4 is 5.32 Å². The van der Waals surface area contributed by atoms with Crippen molar-refractivity contribution in [3.8, 4) is 0 Å². The molecule has 17 heavy (non-hydrogen) atoms. The molecule has 2 rings (SSSR count). The number of hydrogen-bond donors (Lipinski definition) is 1. The molecule has 0 radical (unpaired) electrons. The van der Waals surface area contributed by atoms with Crippen LogP contribution in [0.4, 0.5) is 4.79 Å². The number of amides is 2. The minimum absolute atomic E-state index is 0.177. The number of rotatable bonds is 1. The topological polar surface area (TPSA) is 32.3 Å². The van der Waals surface area contributed by atoms with Gasteiger partial charge in [0.2, 0.25) is 0 Å². The third-order valence-corrected chi connectivity index (χ3v) is 4.31. The zero-order valence-electron chi connectivity index (χ0n) is 11.2. The molecule has 1 heterocycles. The predicted octanol–water partition coefficient (Wildman–Crippen LogP) is 3.15. The van der Waals surface area contributed by atoms with E-state index in [4.69, 9.17) is 0 Å². The van der Waals surface area contributed by atoms with Crippen molar-refractivity contribution >= 4 is 6.03 Å². The van der Waals surface area contributed by atoms with Crippen LogP contribution in [0, 0.1) is 5.92 Å². The van der Waals surface area contributed by atoms with Gasteiger partial charge in [0.15, 0.2) is 0 Å². The van der Waals surface area contributed by atoms with Gasteiger partial charge >= 0.3 is 6.03 Å². The molecular formula is C14H26N2O. The smallest absolute Gasteiger partial charge is 0.317 e. The van der Waals surface area contributed by atoms with Crippen molar-refractivity contribution in [3.63, 3.8) is 0 Å². The molecule has 1 aliphatic carbocycles. The molecule has 1 saturated carbocycles. The predicted molar refractivity (Wildman–Crippen MR) is 70.0 cm³/mol. The zero-order valence-corrected chi connectivity index (χ0v) is 11.2. The highest BCUT2D eigenvalue weighted by atomic mass is 16.2. The van der Waals surface area contributed by atoms with E-state index in [1.165, 1.54) is 38.5 Å². The first-order valence-corrected chi connectivity index (χ1v) is 7.24. The molecule has 2 fully saturated rings. The van der Waals surface area contributed by atoms with E-state index in [0.29, 0.717) is 18.0 Å². The van der Waals surface area contributed by atoms with Gasteiger partial charge in [0, 0.05) is 18.6 Å². The summed E-state index contributed by atoms with van der Waals surface area (Å²) in [5.74, 6) is 0.656. The maximum atomic E-state index is 12.2. The van der Waals surface area contributed by atoms with Gasteiger partial charge in [-0.3, -0.25) is 0 Å². The maximum absolute atomic E-state index is 12.2. The fourth-order valence-electron chi connectivity index (χ4n) is 3.08. The fraction of sp³-hybridized carbons (Fsp3) is 0.929. The van der Waals surface area contributed by atoms with Gasteiger partial charge in [-0.2, -0.15) is 0 Å². The van der Waals surface area contributed by atoms with Crippen LogP contribution >= 0.6 is 0 Å². The van der Waals surface area contributed by atoms with Gasteiger partial charge in [0.25, 0.3) is 0 Å². The molecule has 0 aromatic carbocycles. The third-order valence-electron chi connectivity index (χ3n) is 4.31. The van der Waals surface area contributed by atoms with Crippen LogP contribution in [0.25, 0.3) is 0 Å². The lowest BCUT2D eigenvalue weighted by Crippen LogP contribution is -2.52. The number of carbonyl (C=O) groups excluding carboxylic acids is 1. The average Bonchev–Trinajstić information content (AvgIpc) is 2.33. The molecule has 3 nitrogen and oxygen atoms in total. The number of carbonyl (C=O) groups is 1. The summed E-state index contributed by atoms with van der Waals surface area (Å²) in [6, 6.07) is 1.02. The molecular weight excluding hydrogens is 212 g/mol. The van der Waals surface area contributed by atoms with E-state index in [0.717, 1.165) is 13.0 Å². The number of urea groups is 1. The Morgan fingerprint density at radius 2 is 1.76 bits per heavy atom. The first kappa shape index (κ1) is 12.7. The molecule has 1 aliphatic heterocycles. The number of hydrogen-bond acceptors (Lipinski definition) is 1. The largest absolute Gasteiger partial charge is 0.335 e. The second-order valence-corrected chi connectivity index (χ2v) is 5.97. The molecule has 2 amide bonds. The summed E-state index contributed by atoms with van der Waals surface area (Å²) in [6.45, 7) is 5.35. The van der Waals surface area contributed by atoms with E-state index in [1.54, 1.807) is 0 Å². The van der Waals surface area contributed by atoms with Gasteiger partial charge in [0.05, 0.1) is 0 Å². The Morgan fingerprint density at radius 1 is 1.06 bits per heavy atom. The lowest BCUT2D eigenvalue weighted by Gasteiger charge is -2.38. The molecule has 0 aromatic heterocycles. The molecule has 2 atom stereocenters. The highest BCUT2D eigenvalue weighted by molar-refractivity contribution is 5.75. The molecule has 1 N–H and O–H groups in total. The SMILES string of the molecule is C[C@H]1CC[C@@H](C)N(C(=O)NC2CCCCC2)C1. The Morgan fingerprint density at radius 3 is 2.47 bits per heavy atom. The van der Waals surface area contributed by atoms with Crippen molar-refractivity contribution in [2.45, 2.75) is 70.9 Å². The van der Waals surface area contributed by atoms with E-state index in [9.17, 15) is 4.79 Å². The summed E-state index contributed by atoms with van der Waals surface area (Å²) in [7, 11) is 0. The summed E-state index contributed by atoms with van der Waals surface area (Å²) in [5.41, 5.74) is 0. The molecule has 0 unspecified atom stereocenters. The molecule has 0 bridgehead atoms. The molecule has 98 valence electrons. The highest BCUT2D eigenvalue weighted by Crippen LogP contribution is 2.22. The van der Waals surface area contributed by atoms with Crippen molar-refractivity contribution in [1.82, 2.24) is 10.2 Å². The Hall–Kier alpha value is -0.730. The van der Waals surface area contributed by atoms with Gasteiger partial charge in [0.1, 0.15) is 0 Å². The number of nitrogens with one attached hydrogen (secondary N) is 1. The van der Waals surface area contributed by atoms with Crippen LogP contribution in [0.1, 0.15) is 58.8 Å². The summed E-state index contributed by atoms with van der Waals surface area (Å²) in [4.78, 5) is 14.3. The van der Waals surface area contributed by atoms with E-state index >= 15 is 0 Å². The molecule has 0 aromatic rings. The molecule has 2 aliphatic rings. The monoisotopic (exact) mass is 238 g/mol. The first-order chi connectivity index (χ1) is 8.16. The second kappa shape index (κ2) is 5.74. The maximum Gasteiger partial charge on any atom is 0.317 e.